The van der Waals surface area contributed by atoms with Gasteiger partial charge in [-0.2, -0.15) is 0 Å². The number of phenols is 1. The smallest absolute Gasteiger partial charge is 0.165 e. The van der Waals surface area contributed by atoms with Gasteiger partial charge in [-0.25, -0.2) is 4.39 Å². The Morgan fingerprint density at radius 1 is 1.46 bits per heavy atom. The van der Waals surface area contributed by atoms with Gasteiger partial charge >= 0.3 is 0 Å². The molecule has 0 aliphatic rings. The number of nitrogens with two attached hydrogens (primary N) is 1. The van der Waals surface area contributed by atoms with Crippen LogP contribution < -0.4 is 5.73 Å². The monoisotopic (exact) mass is 185 g/mol. The molecule has 3 nitrogen and oxygen atoms in total. The summed E-state index contributed by atoms with van der Waals surface area (Å²) in [6.07, 6.45) is -0.907. The molecule has 0 aliphatic heterocycles. The number of halogens is 1. The molecule has 1 aromatic rings. The average Bonchev–Trinajstić information content (AvgIpc) is 2.08. The van der Waals surface area contributed by atoms with Crippen molar-refractivity contribution in [2.75, 3.05) is 0 Å². The van der Waals surface area contributed by atoms with Gasteiger partial charge in [0.1, 0.15) is 0 Å². The Kier molecular flexibility index (Phi) is 2.85. The Bertz CT molecular complexity index is 302. The normalized spacial score (nSPS) is 15.4. The molecular weight excluding hydrogens is 173 g/mol. The molecule has 1 aromatic carbocycles. The lowest BCUT2D eigenvalue weighted by Gasteiger charge is -2.14. The Hall–Kier alpha value is -1.13. The van der Waals surface area contributed by atoms with Crippen molar-refractivity contribution >= 4 is 0 Å². The molecule has 0 saturated heterocycles. The van der Waals surface area contributed by atoms with Gasteiger partial charge in [0, 0.05) is 6.04 Å². The lowest BCUT2D eigenvalue weighted by Crippen LogP contribution is -2.24. The van der Waals surface area contributed by atoms with Gasteiger partial charge < -0.3 is 15.9 Å². The lowest BCUT2D eigenvalue weighted by molar-refractivity contribution is 0.153. The molecule has 13 heavy (non-hydrogen) atoms. The van der Waals surface area contributed by atoms with Crippen LogP contribution in [0.25, 0.3) is 0 Å². The molecule has 2 atom stereocenters. The van der Waals surface area contributed by atoms with Crippen LogP contribution in [0.3, 0.4) is 0 Å². The highest BCUT2D eigenvalue weighted by molar-refractivity contribution is 5.29. The van der Waals surface area contributed by atoms with Crippen molar-refractivity contribution in [2.24, 2.45) is 5.73 Å². The number of aliphatic hydroxyl groups is 1. The number of rotatable bonds is 2. The SMILES string of the molecule is C[C@H](N)[C@H](O)c1ccc(O)c(F)c1. The zero-order valence-electron chi connectivity index (χ0n) is 7.24. The standard InChI is InChI=1S/C9H12FNO2/c1-5(11)9(13)6-2-3-8(12)7(10)4-6/h2-5,9,12-13H,11H2,1H3/t5-,9-/m0/s1. The fourth-order valence-electron chi connectivity index (χ4n) is 1.01. The molecule has 4 heteroatoms. The van der Waals surface area contributed by atoms with Gasteiger partial charge in [-0.1, -0.05) is 6.07 Å². The van der Waals surface area contributed by atoms with E-state index in [0.717, 1.165) is 6.07 Å². The van der Waals surface area contributed by atoms with E-state index in [1.54, 1.807) is 6.92 Å². The number of aliphatic hydroxyl groups excluding tert-OH is 1. The van der Waals surface area contributed by atoms with Gasteiger partial charge in [0.25, 0.3) is 0 Å². The maximum absolute atomic E-state index is 12.8. The summed E-state index contributed by atoms with van der Waals surface area (Å²) in [6.45, 7) is 1.62. The van der Waals surface area contributed by atoms with Crippen LogP contribution in [-0.4, -0.2) is 16.3 Å². The number of hydrogen-bond donors (Lipinski definition) is 3. The Morgan fingerprint density at radius 3 is 2.54 bits per heavy atom. The molecule has 0 saturated carbocycles. The highest BCUT2D eigenvalue weighted by Gasteiger charge is 2.13. The van der Waals surface area contributed by atoms with E-state index in [2.05, 4.69) is 0 Å². The molecule has 0 aliphatic carbocycles. The summed E-state index contributed by atoms with van der Waals surface area (Å²) in [5, 5.41) is 18.3. The molecule has 0 heterocycles. The fraction of sp³-hybridized carbons (Fsp3) is 0.333. The quantitative estimate of drug-likeness (QED) is 0.641. The first-order valence-electron chi connectivity index (χ1n) is 3.94. The van der Waals surface area contributed by atoms with Gasteiger partial charge in [-0.05, 0) is 24.6 Å². The van der Waals surface area contributed by atoms with E-state index in [-0.39, 0.29) is 0 Å². The van der Waals surface area contributed by atoms with E-state index < -0.39 is 23.7 Å². The van der Waals surface area contributed by atoms with Crippen LogP contribution in [0.2, 0.25) is 0 Å². The van der Waals surface area contributed by atoms with E-state index in [4.69, 9.17) is 10.8 Å². The van der Waals surface area contributed by atoms with Crippen molar-refractivity contribution in [1.29, 1.82) is 0 Å². The summed E-state index contributed by atoms with van der Waals surface area (Å²) in [7, 11) is 0. The molecule has 0 aromatic heterocycles. The van der Waals surface area contributed by atoms with Gasteiger partial charge in [-0.3, -0.25) is 0 Å². The van der Waals surface area contributed by atoms with Gasteiger partial charge in [0.15, 0.2) is 11.6 Å². The van der Waals surface area contributed by atoms with Crippen molar-refractivity contribution in [3.63, 3.8) is 0 Å². The minimum absolute atomic E-state index is 0.366. The third-order valence-corrected chi connectivity index (χ3v) is 1.81. The first-order chi connectivity index (χ1) is 6.02. The zero-order chi connectivity index (χ0) is 10.0. The molecule has 0 spiro atoms. The van der Waals surface area contributed by atoms with Crippen LogP contribution in [0.5, 0.6) is 5.75 Å². The summed E-state index contributed by atoms with van der Waals surface area (Å²) in [5.74, 6) is -1.18. The van der Waals surface area contributed by atoms with Crippen LogP contribution in [0.4, 0.5) is 4.39 Å². The van der Waals surface area contributed by atoms with E-state index in [9.17, 15) is 9.50 Å². The van der Waals surface area contributed by atoms with E-state index in [0.29, 0.717) is 5.56 Å². The largest absolute Gasteiger partial charge is 0.505 e. The third kappa shape index (κ3) is 2.17. The van der Waals surface area contributed by atoms with Crippen LogP contribution in [0, 0.1) is 5.82 Å². The summed E-state index contributed by atoms with van der Waals surface area (Å²) in [5.41, 5.74) is 5.79. The molecule has 72 valence electrons. The molecule has 0 unspecified atom stereocenters. The Labute approximate surface area is 75.6 Å². The predicted molar refractivity (Wildman–Crippen MR) is 46.7 cm³/mol. The zero-order valence-corrected chi connectivity index (χ0v) is 7.24. The number of benzene rings is 1. The first-order valence-corrected chi connectivity index (χ1v) is 3.94. The summed E-state index contributed by atoms with van der Waals surface area (Å²) < 4.78 is 12.8. The fourth-order valence-corrected chi connectivity index (χ4v) is 1.01. The highest BCUT2D eigenvalue weighted by Crippen LogP contribution is 2.21. The van der Waals surface area contributed by atoms with Crippen molar-refractivity contribution in [3.8, 4) is 5.75 Å². The molecular formula is C9H12FNO2. The second kappa shape index (κ2) is 3.72. The summed E-state index contributed by atoms with van der Waals surface area (Å²) >= 11 is 0. The second-order valence-electron chi connectivity index (χ2n) is 3.01. The van der Waals surface area contributed by atoms with Crippen LogP contribution in [0.1, 0.15) is 18.6 Å². The van der Waals surface area contributed by atoms with E-state index >= 15 is 0 Å². The van der Waals surface area contributed by atoms with Crippen molar-refractivity contribution in [2.45, 2.75) is 19.1 Å². The number of phenolic OH excluding ortho intramolecular Hbond substituents is 1. The number of hydrogen-bond acceptors (Lipinski definition) is 3. The molecule has 0 radical (unpaired) electrons. The Morgan fingerprint density at radius 2 is 2.08 bits per heavy atom. The first kappa shape index (κ1) is 9.95. The van der Waals surface area contributed by atoms with Gasteiger partial charge in [0.2, 0.25) is 0 Å². The Balaban J connectivity index is 2.97. The molecule has 0 bridgehead atoms. The predicted octanol–water partition coefficient (Wildman–Crippen LogP) is 0.912. The topological polar surface area (TPSA) is 66.5 Å². The van der Waals surface area contributed by atoms with Crippen molar-refractivity contribution in [1.82, 2.24) is 0 Å². The van der Waals surface area contributed by atoms with E-state index in [1.165, 1.54) is 12.1 Å². The molecule has 0 amide bonds. The summed E-state index contributed by atoms with van der Waals surface area (Å²) in [4.78, 5) is 0. The van der Waals surface area contributed by atoms with Crippen LogP contribution in [0.15, 0.2) is 18.2 Å². The average molecular weight is 185 g/mol. The summed E-state index contributed by atoms with van der Waals surface area (Å²) in [6, 6.07) is 3.23. The van der Waals surface area contributed by atoms with Crippen LogP contribution in [-0.2, 0) is 0 Å². The minimum Gasteiger partial charge on any atom is -0.505 e. The molecule has 1 rings (SSSR count). The minimum atomic E-state index is -0.907. The van der Waals surface area contributed by atoms with Crippen LogP contribution >= 0.6 is 0 Å². The third-order valence-electron chi connectivity index (χ3n) is 1.81. The number of aromatic hydroxyl groups is 1. The van der Waals surface area contributed by atoms with Crippen molar-refractivity contribution < 1.29 is 14.6 Å². The van der Waals surface area contributed by atoms with Gasteiger partial charge in [-0.15, -0.1) is 0 Å². The molecule has 0 fully saturated rings. The maximum atomic E-state index is 12.8. The second-order valence-corrected chi connectivity index (χ2v) is 3.01. The maximum Gasteiger partial charge on any atom is 0.165 e. The van der Waals surface area contributed by atoms with Gasteiger partial charge in [0.05, 0.1) is 6.10 Å². The molecule has 4 N–H and O–H groups in total. The highest BCUT2D eigenvalue weighted by atomic mass is 19.1. The lowest BCUT2D eigenvalue weighted by atomic mass is 10.0. The van der Waals surface area contributed by atoms with Crippen molar-refractivity contribution in [3.05, 3.63) is 29.6 Å². The van der Waals surface area contributed by atoms with E-state index in [1.807, 2.05) is 0 Å².